The van der Waals surface area contributed by atoms with Gasteiger partial charge in [-0.2, -0.15) is 0 Å². The van der Waals surface area contributed by atoms with Crippen LogP contribution in [0.3, 0.4) is 0 Å². The topological polar surface area (TPSA) is 41.6 Å². The maximum Gasteiger partial charge on any atom is 0.238 e. The van der Waals surface area contributed by atoms with Crippen molar-refractivity contribution in [2.45, 2.75) is 32.5 Å². The van der Waals surface area contributed by atoms with Crippen LogP contribution in [0.5, 0.6) is 0 Å². The van der Waals surface area contributed by atoms with Crippen LogP contribution >= 0.6 is 0 Å². The summed E-state index contributed by atoms with van der Waals surface area (Å²) in [4.78, 5) is 14.1. The van der Waals surface area contributed by atoms with Crippen LogP contribution in [0.1, 0.15) is 30.6 Å². The molecule has 0 aromatic heterocycles. The lowest BCUT2D eigenvalue weighted by Gasteiger charge is -2.32. The molecule has 1 aliphatic heterocycles. The van der Waals surface area contributed by atoms with Crippen molar-refractivity contribution in [3.63, 3.8) is 0 Å². The summed E-state index contributed by atoms with van der Waals surface area (Å²) in [7, 11) is 1.68. The van der Waals surface area contributed by atoms with Gasteiger partial charge in [0, 0.05) is 7.11 Å². The van der Waals surface area contributed by atoms with E-state index in [-0.39, 0.29) is 18.1 Å². The molecule has 1 fully saturated rings. The Balaban J connectivity index is 2.29. The first kappa shape index (κ1) is 14.0. The quantitative estimate of drug-likeness (QED) is 0.880. The van der Waals surface area contributed by atoms with E-state index < -0.39 is 0 Å². The average Bonchev–Trinajstić information content (AvgIpc) is 2.78. The Morgan fingerprint density at radius 2 is 2.21 bits per heavy atom. The van der Waals surface area contributed by atoms with E-state index >= 15 is 0 Å². The number of aryl methyl sites for hydroxylation is 1. The van der Waals surface area contributed by atoms with Gasteiger partial charge in [-0.3, -0.25) is 10.1 Å². The van der Waals surface area contributed by atoms with E-state index in [1.807, 2.05) is 17.0 Å². The second-order valence-electron chi connectivity index (χ2n) is 4.96. The van der Waals surface area contributed by atoms with Crippen molar-refractivity contribution in [1.29, 1.82) is 0 Å². The van der Waals surface area contributed by atoms with Crippen LogP contribution in [-0.4, -0.2) is 37.1 Å². The van der Waals surface area contributed by atoms with Gasteiger partial charge in [-0.15, -0.1) is 0 Å². The Kier molecular flexibility index (Phi) is 4.56. The number of carbonyl (C=O) groups excluding carboxylic acids is 1. The fraction of sp³-hybridized carbons (Fsp3) is 0.533. The summed E-state index contributed by atoms with van der Waals surface area (Å²) in [6.45, 7) is 5.14. The van der Waals surface area contributed by atoms with Crippen molar-refractivity contribution >= 4 is 5.91 Å². The van der Waals surface area contributed by atoms with Gasteiger partial charge in [0.15, 0.2) is 0 Å². The number of hydrogen-bond acceptors (Lipinski definition) is 3. The van der Waals surface area contributed by atoms with Crippen molar-refractivity contribution in [3.8, 4) is 0 Å². The SMILES string of the molecule is CCC(COC)N1C(=O)CNC1c1ccccc1C. The maximum absolute atomic E-state index is 12.2. The predicted molar refractivity (Wildman–Crippen MR) is 74.7 cm³/mol. The number of hydrogen-bond donors (Lipinski definition) is 1. The first-order valence-corrected chi connectivity index (χ1v) is 6.78. The standard InChI is InChI=1S/C15H22N2O2/c1-4-12(10-19-3)17-14(18)9-16-15(17)13-8-6-5-7-11(13)2/h5-8,12,15-16H,4,9-10H2,1-3H3. The lowest BCUT2D eigenvalue weighted by Crippen LogP contribution is -2.42. The fourth-order valence-corrected chi connectivity index (χ4v) is 2.67. The summed E-state index contributed by atoms with van der Waals surface area (Å²) in [5, 5.41) is 3.31. The largest absolute Gasteiger partial charge is 0.383 e. The average molecular weight is 262 g/mol. The van der Waals surface area contributed by atoms with E-state index in [0.717, 1.165) is 6.42 Å². The van der Waals surface area contributed by atoms with Gasteiger partial charge in [0.1, 0.15) is 6.17 Å². The molecule has 4 nitrogen and oxygen atoms in total. The molecule has 2 atom stereocenters. The molecule has 2 unspecified atom stereocenters. The lowest BCUT2D eigenvalue weighted by molar-refractivity contribution is -0.131. The number of benzene rings is 1. The van der Waals surface area contributed by atoms with Crippen molar-refractivity contribution in [2.24, 2.45) is 0 Å². The number of methoxy groups -OCH3 is 1. The molecule has 19 heavy (non-hydrogen) atoms. The number of carbonyl (C=O) groups is 1. The third-order valence-corrected chi connectivity index (χ3v) is 3.72. The third kappa shape index (κ3) is 2.80. The van der Waals surface area contributed by atoms with Crippen LogP contribution < -0.4 is 5.32 Å². The Morgan fingerprint density at radius 3 is 2.84 bits per heavy atom. The van der Waals surface area contributed by atoms with Gasteiger partial charge in [-0.1, -0.05) is 31.2 Å². The molecule has 0 bridgehead atoms. The van der Waals surface area contributed by atoms with Crippen molar-refractivity contribution in [2.75, 3.05) is 20.3 Å². The van der Waals surface area contributed by atoms with E-state index in [1.165, 1.54) is 11.1 Å². The molecule has 104 valence electrons. The third-order valence-electron chi connectivity index (χ3n) is 3.72. The van der Waals surface area contributed by atoms with E-state index in [1.54, 1.807) is 7.11 Å². The molecule has 1 amide bonds. The highest BCUT2D eigenvalue weighted by atomic mass is 16.5. The van der Waals surface area contributed by atoms with Gasteiger partial charge in [-0.25, -0.2) is 0 Å². The van der Waals surface area contributed by atoms with Crippen LogP contribution in [0.2, 0.25) is 0 Å². The van der Waals surface area contributed by atoms with Crippen molar-refractivity contribution in [3.05, 3.63) is 35.4 Å². The summed E-state index contributed by atoms with van der Waals surface area (Å²) in [5.74, 6) is 0.150. The van der Waals surface area contributed by atoms with E-state index in [4.69, 9.17) is 4.74 Å². The van der Waals surface area contributed by atoms with Crippen molar-refractivity contribution < 1.29 is 9.53 Å². The molecule has 0 saturated carbocycles. The summed E-state index contributed by atoms with van der Waals surface area (Å²) in [5.41, 5.74) is 2.37. The number of nitrogens with zero attached hydrogens (tertiary/aromatic N) is 1. The second kappa shape index (κ2) is 6.17. The second-order valence-corrected chi connectivity index (χ2v) is 4.96. The first-order chi connectivity index (χ1) is 9.19. The molecule has 1 aliphatic rings. The molecular formula is C15H22N2O2. The van der Waals surface area contributed by atoms with Crippen LogP contribution in [0.25, 0.3) is 0 Å². The van der Waals surface area contributed by atoms with E-state index in [2.05, 4.69) is 31.3 Å². The minimum Gasteiger partial charge on any atom is -0.383 e. The van der Waals surface area contributed by atoms with Crippen LogP contribution in [-0.2, 0) is 9.53 Å². The summed E-state index contributed by atoms with van der Waals surface area (Å²) in [6, 6.07) is 8.32. The molecule has 1 aromatic carbocycles. The number of rotatable bonds is 5. The van der Waals surface area contributed by atoms with E-state index in [9.17, 15) is 4.79 Å². The Hall–Kier alpha value is -1.39. The number of ether oxygens (including phenoxy) is 1. The highest BCUT2D eigenvalue weighted by Crippen LogP contribution is 2.28. The van der Waals surface area contributed by atoms with Crippen LogP contribution in [0.15, 0.2) is 24.3 Å². The zero-order chi connectivity index (χ0) is 13.8. The summed E-state index contributed by atoms with van der Waals surface area (Å²) >= 11 is 0. The highest BCUT2D eigenvalue weighted by molar-refractivity contribution is 5.81. The lowest BCUT2D eigenvalue weighted by atomic mass is 10.0. The molecule has 1 saturated heterocycles. The molecule has 2 rings (SSSR count). The number of amides is 1. The van der Waals surface area contributed by atoms with Gasteiger partial charge in [0.25, 0.3) is 0 Å². The van der Waals surface area contributed by atoms with Crippen LogP contribution in [0.4, 0.5) is 0 Å². The molecule has 0 spiro atoms. The molecule has 4 heteroatoms. The molecule has 1 heterocycles. The fourth-order valence-electron chi connectivity index (χ4n) is 2.67. The van der Waals surface area contributed by atoms with E-state index in [0.29, 0.717) is 13.2 Å². The zero-order valence-corrected chi connectivity index (χ0v) is 11.8. The Bertz CT molecular complexity index is 448. The smallest absolute Gasteiger partial charge is 0.238 e. The highest BCUT2D eigenvalue weighted by Gasteiger charge is 2.36. The summed E-state index contributed by atoms with van der Waals surface area (Å²) in [6.07, 6.45) is 0.859. The van der Waals surface area contributed by atoms with Gasteiger partial charge in [0.05, 0.1) is 19.2 Å². The normalized spacial score (nSPS) is 20.9. The van der Waals surface area contributed by atoms with Crippen molar-refractivity contribution in [1.82, 2.24) is 10.2 Å². The van der Waals surface area contributed by atoms with Gasteiger partial charge < -0.3 is 9.64 Å². The Labute approximate surface area is 114 Å². The molecular weight excluding hydrogens is 240 g/mol. The maximum atomic E-state index is 12.2. The summed E-state index contributed by atoms with van der Waals surface area (Å²) < 4.78 is 5.25. The van der Waals surface area contributed by atoms with Gasteiger partial charge in [-0.05, 0) is 24.5 Å². The zero-order valence-electron chi connectivity index (χ0n) is 11.8. The first-order valence-electron chi connectivity index (χ1n) is 6.78. The van der Waals surface area contributed by atoms with Gasteiger partial charge in [0.2, 0.25) is 5.91 Å². The minimum atomic E-state index is -0.0335. The minimum absolute atomic E-state index is 0.0335. The molecule has 1 aromatic rings. The molecule has 1 N–H and O–H groups in total. The Morgan fingerprint density at radius 1 is 1.47 bits per heavy atom. The molecule has 0 aliphatic carbocycles. The number of nitrogens with one attached hydrogen (secondary N) is 1. The van der Waals surface area contributed by atoms with Crippen LogP contribution in [0, 0.1) is 6.92 Å². The monoisotopic (exact) mass is 262 g/mol. The predicted octanol–water partition coefficient (Wildman–Crippen LogP) is 1.85. The van der Waals surface area contributed by atoms with Gasteiger partial charge >= 0.3 is 0 Å². The molecule has 0 radical (unpaired) electrons.